The third-order valence-corrected chi connectivity index (χ3v) is 4.86. The lowest BCUT2D eigenvalue weighted by Crippen LogP contribution is -2.56. The molecule has 2 atom stereocenters. The highest BCUT2D eigenvalue weighted by Crippen LogP contribution is 2.31. The first-order chi connectivity index (χ1) is 13.8. The average Bonchev–Trinajstić information content (AvgIpc) is 2.69. The summed E-state index contributed by atoms with van der Waals surface area (Å²) in [7, 11) is 2.95. The quantitative estimate of drug-likeness (QED) is 0.721. The summed E-state index contributed by atoms with van der Waals surface area (Å²) >= 11 is 6.20. The number of ether oxygens (including phenoxy) is 3. The minimum atomic E-state index is -0.402. The van der Waals surface area contributed by atoms with E-state index in [1.165, 1.54) is 33.3 Å². The summed E-state index contributed by atoms with van der Waals surface area (Å²) < 4.78 is 15.8. The fraction of sp³-hybridized carbons (Fsp3) is 0.526. The van der Waals surface area contributed by atoms with Gasteiger partial charge in [0.1, 0.15) is 5.75 Å². The predicted octanol–water partition coefficient (Wildman–Crippen LogP) is 2.28. The van der Waals surface area contributed by atoms with Crippen molar-refractivity contribution in [3.63, 3.8) is 0 Å². The van der Waals surface area contributed by atoms with Crippen LogP contribution in [0.25, 0.3) is 0 Å². The van der Waals surface area contributed by atoms with Crippen LogP contribution in [0.4, 0.5) is 10.5 Å². The minimum absolute atomic E-state index is 0.214. The molecule has 0 spiro atoms. The van der Waals surface area contributed by atoms with Crippen LogP contribution in [0.15, 0.2) is 12.1 Å². The predicted molar refractivity (Wildman–Crippen MR) is 108 cm³/mol. The molecular weight excluding hydrogens is 402 g/mol. The third kappa shape index (κ3) is 5.74. The molecule has 0 radical (unpaired) electrons. The topological polar surface area (TPSA) is 106 Å². The van der Waals surface area contributed by atoms with Crippen LogP contribution in [0.3, 0.4) is 0 Å². The smallest absolute Gasteiger partial charge is 0.409 e. The molecule has 0 aromatic heterocycles. The van der Waals surface area contributed by atoms with Gasteiger partial charge in [0.05, 0.1) is 48.7 Å². The van der Waals surface area contributed by atoms with Gasteiger partial charge in [0.15, 0.2) is 0 Å². The number of halogens is 1. The summed E-state index contributed by atoms with van der Waals surface area (Å²) in [6, 6.07) is 2.63. The molecule has 0 aliphatic carbocycles. The lowest BCUT2D eigenvalue weighted by Gasteiger charge is -2.37. The van der Waals surface area contributed by atoms with Crippen LogP contribution in [-0.2, 0) is 14.3 Å². The summed E-state index contributed by atoms with van der Waals surface area (Å²) in [6.45, 7) is 4.14. The molecule has 0 saturated carbocycles. The van der Waals surface area contributed by atoms with Crippen LogP contribution in [0.5, 0.6) is 5.75 Å². The van der Waals surface area contributed by atoms with E-state index in [0.29, 0.717) is 31.8 Å². The Kier molecular flexibility index (Phi) is 8.10. The van der Waals surface area contributed by atoms with Crippen molar-refractivity contribution in [1.29, 1.82) is 0 Å². The molecule has 10 heteroatoms. The van der Waals surface area contributed by atoms with Crippen molar-refractivity contribution >= 4 is 35.2 Å². The second-order valence-electron chi connectivity index (χ2n) is 6.50. The Morgan fingerprint density at radius 1 is 1.28 bits per heavy atom. The number of anilines is 1. The zero-order chi connectivity index (χ0) is 21.6. The van der Waals surface area contributed by atoms with Gasteiger partial charge in [0.25, 0.3) is 5.91 Å². The van der Waals surface area contributed by atoms with E-state index >= 15 is 0 Å². The number of amides is 3. The van der Waals surface area contributed by atoms with Gasteiger partial charge < -0.3 is 29.7 Å². The van der Waals surface area contributed by atoms with Crippen molar-refractivity contribution in [3.05, 3.63) is 22.7 Å². The number of rotatable bonds is 6. The zero-order valence-corrected chi connectivity index (χ0v) is 17.7. The molecule has 1 fully saturated rings. The molecule has 160 valence electrons. The zero-order valence-electron chi connectivity index (χ0n) is 16.9. The number of likely N-dealkylation sites (tertiary alicyclic amines) is 1. The molecule has 1 heterocycles. The number of hydrogen-bond donors (Lipinski definition) is 2. The van der Waals surface area contributed by atoms with Gasteiger partial charge in [-0.15, -0.1) is 0 Å². The fourth-order valence-corrected chi connectivity index (χ4v) is 3.34. The largest absolute Gasteiger partial charge is 0.496 e. The van der Waals surface area contributed by atoms with Gasteiger partial charge in [0.2, 0.25) is 5.91 Å². The van der Waals surface area contributed by atoms with Crippen LogP contribution in [0.2, 0.25) is 5.02 Å². The molecule has 1 aliphatic heterocycles. The van der Waals surface area contributed by atoms with E-state index in [2.05, 4.69) is 10.6 Å². The molecule has 29 heavy (non-hydrogen) atoms. The van der Waals surface area contributed by atoms with Gasteiger partial charge in [-0.3, -0.25) is 9.59 Å². The molecule has 3 amide bonds. The summed E-state index contributed by atoms with van der Waals surface area (Å²) in [5, 5.41) is 5.72. The van der Waals surface area contributed by atoms with Gasteiger partial charge in [-0.05, 0) is 19.4 Å². The van der Waals surface area contributed by atoms with Crippen LogP contribution in [0, 0.1) is 0 Å². The number of methoxy groups -OCH3 is 2. The van der Waals surface area contributed by atoms with Gasteiger partial charge in [-0.25, -0.2) is 4.79 Å². The number of hydrogen-bond acceptors (Lipinski definition) is 6. The summed E-state index contributed by atoms with van der Waals surface area (Å²) in [6.07, 6.45) is -0.290. The Hall–Kier alpha value is -2.52. The van der Waals surface area contributed by atoms with Gasteiger partial charge in [0, 0.05) is 26.6 Å². The highest BCUT2D eigenvalue weighted by Gasteiger charge is 2.33. The highest BCUT2D eigenvalue weighted by molar-refractivity contribution is 6.34. The molecule has 2 rings (SSSR count). The van der Waals surface area contributed by atoms with Crippen molar-refractivity contribution in [2.45, 2.75) is 32.4 Å². The monoisotopic (exact) mass is 427 g/mol. The first-order valence-electron chi connectivity index (χ1n) is 9.21. The molecular formula is C19H26ClN3O6. The normalized spacial score (nSPS) is 18.7. The molecule has 1 saturated heterocycles. The van der Waals surface area contributed by atoms with Gasteiger partial charge in [-0.2, -0.15) is 0 Å². The lowest BCUT2D eigenvalue weighted by atomic mass is 10.0. The van der Waals surface area contributed by atoms with Crippen LogP contribution in [-0.4, -0.2) is 68.9 Å². The van der Waals surface area contributed by atoms with Gasteiger partial charge in [-0.1, -0.05) is 11.6 Å². The minimum Gasteiger partial charge on any atom is -0.496 e. The lowest BCUT2D eigenvalue weighted by molar-refractivity contribution is -0.114. The SMILES string of the molecule is CCOC(=O)N1CCC(NC(=O)c2cc(Cl)c(NC(C)=O)cc2OC)C(OC)C1. The Labute approximate surface area is 174 Å². The highest BCUT2D eigenvalue weighted by atomic mass is 35.5. The van der Waals surface area contributed by atoms with Crippen LogP contribution >= 0.6 is 11.6 Å². The van der Waals surface area contributed by atoms with E-state index in [1.54, 1.807) is 11.8 Å². The molecule has 9 nitrogen and oxygen atoms in total. The molecule has 2 N–H and O–H groups in total. The molecule has 2 unspecified atom stereocenters. The number of nitrogens with zero attached hydrogens (tertiary/aromatic N) is 1. The van der Waals surface area contributed by atoms with Crippen molar-refractivity contribution in [3.8, 4) is 5.75 Å². The molecule has 1 aromatic rings. The van der Waals surface area contributed by atoms with E-state index in [4.69, 9.17) is 25.8 Å². The number of piperidine rings is 1. The second kappa shape index (κ2) is 10.3. The average molecular weight is 428 g/mol. The van der Waals surface area contributed by atoms with E-state index in [-0.39, 0.29) is 28.3 Å². The van der Waals surface area contributed by atoms with E-state index < -0.39 is 18.1 Å². The number of carbonyl (C=O) groups excluding carboxylic acids is 3. The number of benzene rings is 1. The van der Waals surface area contributed by atoms with Crippen LogP contribution < -0.4 is 15.4 Å². The molecule has 0 bridgehead atoms. The number of nitrogens with one attached hydrogen (secondary N) is 2. The standard InChI is InChI=1S/C19H26ClN3O6/c1-5-29-19(26)23-7-6-14(17(10-23)28-4)22-18(25)12-8-13(20)15(21-11(2)24)9-16(12)27-3/h8-9,14,17H,5-7,10H2,1-4H3,(H,21,24)(H,22,25). The summed E-state index contributed by atoms with van der Waals surface area (Å²) in [5.74, 6) is -0.411. The maximum absolute atomic E-state index is 12.9. The van der Waals surface area contributed by atoms with Crippen molar-refractivity contribution in [2.24, 2.45) is 0 Å². The van der Waals surface area contributed by atoms with E-state index in [9.17, 15) is 14.4 Å². The second-order valence-corrected chi connectivity index (χ2v) is 6.91. The Balaban J connectivity index is 2.14. The van der Waals surface area contributed by atoms with E-state index in [1.807, 2.05) is 0 Å². The van der Waals surface area contributed by atoms with Crippen molar-refractivity contribution in [2.75, 3.05) is 39.2 Å². The Morgan fingerprint density at radius 3 is 2.59 bits per heavy atom. The van der Waals surface area contributed by atoms with Crippen LogP contribution in [0.1, 0.15) is 30.6 Å². The fourth-order valence-electron chi connectivity index (χ4n) is 3.13. The Morgan fingerprint density at radius 2 is 2.00 bits per heavy atom. The van der Waals surface area contributed by atoms with E-state index in [0.717, 1.165) is 0 Å². The third-order valence-electron chi connectivity index (χ3n) is 4.55. The number of carbonyl (C=O) groups is 3. The summed E-state index contributed by atoms with van der Waals surface area (Å²) in [4.78, 5) is 37.6. The van der Waals surface area contributed by atoms with Crippen molar-refractivity contribution < 1.29 is 28.6 Å². The first-order valence-corrected chi connectivity index (χ1v) is 9.58. The maximum atomic E-state index is 12.9. The van der Waals surface area contributed by atoms with Crippen molar-refractivity contribution in [1.82, 2.24) is 10.2 Å². The molecule has 1 aromatic carbocycles. The first kappa shape index (κ1) is 22.8. The van der Waals surface area contributed by atoms with Gasteiger partial charge >= 0.3 is 6.09 Å². The maximum Gasteiger partial charge on any atom is 0.409 e. The summed E-state index contributed by atoms with van der Waals surface area (Å²) in [5.41, 5.74) is 0.583. The Bertz CT molecular complexity index is 773. The molecule has 1 aliphatic rings.